The average molecular weight is 211 g/mol. The third kappa shape index (κ3) is 10.9. The van der Waals surface area contributed by atoms with Crippen molar-refractivity contribution in [3.63, 3.8) is 0 Å². The van der Waals surface area contributed by atoms with E-state index in [9.17, 15) is 4.79 Å². The first-order chi connectivity index (χ1) is 6.95. The molecule has 0 bridgehead atoms. The van der Waals surface area contributed by atoms with Crippen LogP contribution in [0.2, 0.25) is 0 Å². The standard InChI is InChI=1S/C12H21NO2/c1-5-10-15-11(14)6-8-13-9-7-12(2,3)4/h1,13H,6-10H2,2-4H3. The summed E-state index contributed by atoms with van der Waals surface area (Å²) in [4.78, 5) is 11.0. The van der Waals surface area contributed by atoms with E-state index in [0.29, 0.717) is 18.4 Å². The van der Waals surface area contributed by atoms with Crippen molar-refractivity contribution in [3.8, 4) is 12.3 Å². The van der Waals surface area contributed by atoms with E-state index in [-0.39, 0.29) is 12.6 Å². The smallest absolute Gasteiger partial charge is 0.308 e. The molecule has 0 amide bonds. The third-order valence-corrected chi connectivity index (χ3v) is 1.87. The molecular weight excluding hydrogens is 190 g/mol. The van der Waals surface area contributed by atoms with Crippen LogP contribution in [0.4, 0.5) is 0 Å². The lowest BCUT2D eigenvalue weighted by Gasteiger charge is -2.17. The summed E-state index contributed by atoms with van der Waals surface area (Å²) in [5.74, 6) is 2.02. The molecule has 0 heterocycles. The molecule has 0 aromatic carbocycles. The quantitative estimate of drug-likeness (QED) is 0.412. The van der Waals surface area contributed by atoms with E-state index < -0.39 is 0 Å². The maximum Gasteiger partial charge on any atom is 0.308 e. The molecule has 0 saturated heterocycles. The Bertz CT molecular complexity index is 223. The van der Waals surface area contributed by atoms with Crippen LogP contribution in [0.5, 0.6) is 0 Å². The van der Waals surface area contributed by atoms with Gasteiger partial charge in [0, 0.05) is 6.54 Å². The van der Waals surface area contributed by atoms with Crippen molar-refractivity contribution in [2.24, 2.45) is 5.41 Å². The SMILES string of the molecule is C#CCOC(=O)CCNCCC(C)(C)C. The summed E-state index contributed by atoms with van der Waals surface area (Å²) in [5, 5.41) is 3.20. The third-order valence-electron chi connectivity index (χ3n) is 1.87. The molecule has 0 unspecified atom stereocenters. The molecule has 0 aliphatic rings. The van der Waals surface area contributed by atoms with Crippen molar-refractivity contribution >= 4 is 5.97 Å². The largest absolute Gasteiger partial charge is 0.452 e. The minimum absolute atomic E-state index is 0.0703. The number of nitrogens with one attached hydrogen (secondary N) is 1. The van der Waals surface area contributed by atoms with Gasteiger partial charge in [0.15, 0.2) is 6.61 Å². The van der Waals surface area contributed by atoms with E-state index in [1.54, 1.807) is 0 Å². The minimum atomic E-state index is -0.240. The van der Waals surface area contributed by atoms with E-state index in [1.165, 1.54) is 0 Å². The minimum Gasteiger partial charge on any atom is -0.452 e. The van der Waals surface area contributed by atoms with Crippen molar-refractivity contribution in [1.29, 1.82) is 0 Å². The van der Waals surface area contributed by atoms with Gasteiger partial charge in [0.1, 0.15) is 0 Å². The van der Waals surface area contributed by atoms with E-state index in [0.717, 1.165) is 13.0 Å². The van der Waals surface area contributed by atoms with Gasteiger partial charge in [-0.15, -0.1) is 6.42 Å². The highest BCUT2D eigenvalue weighted by atomic mass is 16.5. The van der Waals surface area contributed by atoms with Gasteiger partial charge in [-0.3, -0.25) is 4.79 Å². The van der Waals surface area contributed by atoms with Crippen molar-refractivity contribution in [2.45, 2.75) is 33.6 Å². The summed E-state index contributed by atoms with van der Waals surface area (Å²) in [5.41, 5.74) is 0.330. The number of rotatable bonds is 6. The molecule has 3 nitrogen and oxygen atoms in total. The van der Waals surface area contributed by atoms with Crippen LogP contribution >= 0.6 is 0 Å². The zero-order valence-corrected chi connectivity index (χ0v) is 9.93. The molecule has 3 heteroatoms. The number of hydrogen-bond donors (Lipinski definition) is 1. The fourth-order valence-corrected chi connectivity index (χ4v) is 0.973. The lowest BCUT2D eigenvalue weighted by atomic mass is 9.92. The topological polar surface area (TPSA) is 38.3 Å². The van der Waals surface area contributed by atoms with Gasteiger partial charge in [-0.1, -0.05) is 26.7 Å². The van der Waals surface area contributed by atoms with Crippen LogP contribution in [0.1, 0.15) is 33.6 Å². The second kappa shape index (κ2) is 7.30. The van der Waals surface area contributed by atoms with E-state index in [4.69, 9.17) is 11.2 Å². The molecule has 1 N–H and O–H groups in total. The first-order valence-corrected chi connectivity index (χ1v) is 5.25. The lowest BCUT2D eigenvalue weighted by molar-refractivity contribution is -0.142. The van der Waals surface area contributed by atoms with Gasteiger partial charge in [-0.25, -0.2) is 0 Å². The number of terminal acetylenes is 1. The highest BCUT2D eigenvalue weighted by molar-refractivity contribution is 5.69. The molecule has 0 radical (unpaired) electrons. The molecular formula is C12H21NO2. The zero-order chi connectivity index (χ0) is 11.7. The fraction of sp³-hybridized carbons (Fsp3) is 0.750. The van der Waals surface area contributed by atoms with Crippen LogP contribution < -0.4 is 5.32 Å². The second-order valence-electron chi connectivity index (χ2n) is 4.68. The fourth-order valence-electron chi connectivity index (χ4n) is 0.973. The Labute approximate surface area is 92.6 Å². The highest BCUT2D eigenvalue weighted by Crippen LogP contribution is 2.16. The second-order valence-corrected chi connectivity index (χ2v) is 4.68. The zero-order valence-electron chi connectivity index (χ0n) is 9.93. The van der Waals surface area contributed by atoms with Crippen molar-refractivity contribution < 1.29 is 9.53 Å². The summed E-state index contributed by atoms with van der Waals surface area (Å²) in [6.45, 7) is 8.22. The highest BCUT2D eigenvalue weighted by Gasteiger charge is 2.09. The van der Waals surface area contributed by atoms with Gasteiger partial charge in [0.05, 0.1) is 6.42 Å². The average Bonchev–Trinajstić information content (AvgIpc) is 2.12. The predicted molar refractivity (Wildman–Crippen MR) is 61.4 cm³/mol. The van der Waals surface area contributed by atoms with Gasteiger partial charge < -0.3 is 10.1 Å². The molecule has 0 atom stereocenters. The molecule has 0 aliphatic carbocycles. The Balaban J connectivity index is 3.32. The molecule has 0 aromatic rings. The van der Waals surface area contributed by atoms with Crippen LogP contribution in [0.3, 0.4) is 0 Å². The van der Waals surface area contributed by atoms with Crippen molar-refractivity contribution in [3.05, 3.63) is 0 Å². The van der Waals surface area contributed by atoms with Crippen molar-refractivity contribution in [2.75, 3.05) is 19.7 Å². The van der Waals surface area contributed by atoms with Gasteiger partial charge in [0.2, 0.25) is 0 Å². The van der Waals surface area contributed by atoms with Crippen molar-refractivity contribution in [1.82, 2.24) is 5.32 Å². The number of hydrogen-bond acceptors (Lipinski definition) is 3. The molecule has 0 aromatic heterocycles. The summed E-state index contributed by atoms with van der Waals surface area (Å²) in [6, 6.07) is 0. The van der Waals surface area contributed by atoms with Crippen LogP contribution in [0.15, 0.2) is 0 Å². The summed E-state index contributed by atoms with van der Waals surface area (Å²) in [6.07, 6.45) is 6.43. The van der Waals surface area contributed by atoms with Gasteiger partial charge in [-0.05, 0) is 18.4 Å². The Morgan fingerprint density at radius 1 is 1.40 bits per heavy atom. The maximum atomic E-state index is 11.0. The monoisotopic (exact) mass is 211 g/mol. The van der Waals surface area contributed by atoms with E-state index >= 15 is 0 Å². The molecule has 0 spiro atoms. The normalized spacial score (nSPS) is 10.8. The van der Waals surface area contributed by atoms with Crippen LogP contribution in [-0.4, -0.2) is 25.7 Å². The number of carbonyl (C=O) groups is 1. The Morgan fingerprint density at radius 2 is 2.07 bits per heavy atom. The summed E-state index contributed by atoms with van der Waals surface area (Å²) >= 11 is 0. The van der Waals surface area contributed by atoms with Gasteiger partial charge >= 0.3 is 5.97 Å². The maximum absolute atomic E-state index is 11.0. The molecule has 0 aliphatic heterocycles. The van der Waals surface area contributed by atoms with Gasteiger partial charge in [0.25, 0.3) is 0 Å². The summed E-state index contributed by atoms with van der Waals surface area (Å²) < 4.78 is 4.72. The predicted octanol–water partition coefficient (Wildman–Crippen LogP) is 1.58. The lowest BCUT2D eigenvalue weighted by Crippen LogP contribution is -2.23. The van der Waals surface area contributed by atoms with Crippen LogP contribution in [0.25, 0.3) is 0 Å². The molecule has 15 heavy (non-hydrogen) atoms. The Morgan fingerprint density at radius 3 is 2.60 bits per heavy atom. The number of carbonyl (C=O) groups excluding carboxylic acids is 1. The van der Waals surface area contributed by atoms with Gasteiger partial charge in [-0.2, -0.15) is 0 Å². The molecule has 0 fully saturated rings. The number of ether oxygens (including phenoxy) is 1. The summed E-state index contributed by atoms with van der Waals surface area (Å²) in [7, 11) is 0. The first kappa shape index (κ1) is 14.0. The first-order valence-electron chi connectivity index (χ1n) is 5.25. The van der Waals surface area contributed by atoms with Crippen LogP contribution in [-0.2, 0) is 9.53 Å². The Hall–Kier alpha value is -1.01. The van der Waals surface area contributed by atoms with E-state index in [2.05, 4.69) is 32.0 Å². The van der Waals surface area contributed by atoms with Crippen LogP contribution in [0, 0.1) is 17.8 Å². The Kier molecular flexibility index (Phi) is 6.81. The molecule has 86 valence electrons. The molecule has 0 rings (SSSR count). The number of esters is 1. The molecule has 0 saturated carbocycles. The van der Waals surface area contributed by atoms with E-state index in [1.807, 2.05) is 0 Å².